The lowest BCUT2D eigenvalue weighted by Gasteiger charge is -2.31. The average molecular weight is 442 g/mol. The fourth-order valence-electron chi connectivity index (χ4n) is 2.17. The third kappa shape index (κ3) is 17.1. The minimum Gasteiger partial charge on any atom is -0.284 e. The fourth-order valence-corrected chi connectivity index (χ4v) is 4.41. The maximum absolute atomic E-state index is 11.1. The van der Waals surface area contributed by atoms with Crippen LogP contribution in [0.15, 0.2) is 0 Å². The lowest BCUT2D eigenvalue weighted by atomic mass is 10.2. The van der Waals surface area contributed by atoms with Gasteiger partial charge < -0.3 is 0 Å². The lowest BCUT2D eigenvalue weighted by Crippen LogP contribution is -2.48. The Labute approximate surface area is 157 Å². The van der Waals surface area contributed by atoms with Gasteiger partial charge in [-0.25, -0.2) is 8.42 Å². The Morgan fingerprint density at radius 3 is 1.46 bits per heavy atom. The molecule has 0 saturated carbocycles. The van der Waals surface area contributed by atoms with Crippen LogP contribution >= 0.6 is 0 Å². The van der Waals surface area contributed by atoms with Crippen LogP contribution in [-0.2, 0) is 30.4 Å². The van der Waals surface area contributed by atoms with Crippen LogP contribution in [0.5, 0.6) is 0 Å². The highest BCUT2D eigenvalue weighted by Gasteiger charge is 2.32. The number of nitrogens with zero attached hydrogens (tertiary/aromatic N) is 1. The average Bonchev–Trinajstić information content (AvgIpc) is 2.45. The number of sulfone groups is 1. The molecule has 1 fully saturated rings. The maximum Gasteiger partial charge on any atom is 0.394 e. The Morgan fingerprint density at radius 1 is 0.885 bits per heavy atom. The van der Waals surface area contributed by atoms with E-state index in [4.69, 9.17) is 22.1 Å². The Kier molecular flexibility index (Phi) is 13.9. The smallest absolute Gasteiger partial charge is 0.284 e. The second kappa shape index (κ2) is 13.0. The van der Waals surface area contributed by atoms with E-state index in [0.717, 1.165) is 0 Å². The number of unbranched alkanes of at least 4 members (excludes halogenated alkanes) is 3. The van der Waals surface area contributed by atoms with Gasteiger partial charge in [-0.1, -0.05) is 46.5 Å². The van der Waals surface area contributed by atoms with Crippen LogP contribution in [-0.4, -0.2) is 73.8 Å². The molecule has 0 aromatic rings. The van der Waals surface area contributed by atoms with E-state index < -0.39 is 35.7 Å². The van der Waals surface area contributed by atoms with Crippen molar-refractivity contribution in [1.82, 2.24) is 4.90 Å². The minimum absolute atomic E-state index is 0.0426. The zero-order chi connectivity index (χ0) is 21.0. The molecule has 3 N–H and O–H groups in total. The van der Waals surface area contributed by atoms with Crippen LogP contribution in [0.2, 0.25) is 0 Å². The molecule has 1 aliphatic heterocycles. The van der Waals surface area contributed by atoms with E-state index in [1.165, 1.54) is 30.6 Å². The van der Waals surface area contributed by atoms with Crippen molar-refractivity contribution in [3.05, 3.63) is 0 Å². The molecule has 160 valence electrons. The first-order valence-electron chi connectivity index (χ1n) is 8.28. The molecular formula is C13H31NO9S3. The SMILES string of the molecule is CCC(N1CCS(=O)(=O)CC1)S(=O)(=O)O.CCCCCC.O=S(=O)(O)O. The highest BCUT2D eigenvalue weighted by molar-refractivity contribution is 7.91. The van der Waals surface area contributed by atoms with E-state index in [9.17, 15) is 16.8 Å². The van der Waals surface area contributed by atoms with Gasteiger partial charge in [0.2, 0.25) is 0 Å². The molecule has 1 atom stereocenters. The van der Waals surface area contributed by atoms with E-state index >= 15 is 0 Å². The Balaban J connectivity index is 0. The first kappa shape index (κ1) is 27.9. The first-order valence-corrected chi connectivity index (χ1v) is 13.0. The summed E-state index contributed by atoms with van der Waals surface area (Å²) in [6.07, 6.45) is 5.79. The molecule has 0 aromatic carbocycles. The molecule has 0 amide bonds. The van der Waals surface area contributed by atoms with E-state index in [0.29, 0.717) is 0 Å². The van der Waals surface area contributed by atoms with Crippen molar-refractivity contribution in [3.8, 4) is 0 Å². The summed E-state index contributed by atoms with van der Waals surface area (Å²) >= 11 is 0. The van der Waals surface area contributed by atoms with E-state index in [-0.39, 0.29) is 31.0 Å². The van der Waals surface area contributed by atoms with Gasteiger partial charge in [-0.15, -0.1) is 0 Å². The van der Waals surface area contributed by atoms with Crippen LogP contribution < -0.4 is 0 Å². The molecule has 26 heavy (non-hydrogen) atoms. The molecule has 0 bridgehead atoms. The summed E-state index contributed by atoms with van der Waals surface area (Å²) in [6, 6.07) is 0. The summed E-state index contributed by atoms with van der Waals surface area (Å²) in [6.45, 7) is 6.44. The summed E-state index contributed by atoms with van der Waals surface area (Å²) in [5.74, 6) is -0.0853. The molecule has 1 unspecified atom stereocenters. The van der Waals surface area contributed by atoms with E-state index in [1.54, 1.807) is 6.92 Å². The summed E-state index contributed by atoms with van der Waals surface area (Å²) < 4.78 is 84.7. The van der Waals surface area contributed by atoms with Gasteiger partial charge in [0.15, 0.2) is 9.84 Å². The number of hydrogen-bond acceptors (Lipinski definition) is 7. The topological polar surface area (TPSA) is 166 Å². The maximum atomic E-state index is 11.1. The molecule has 1 aliphatic rings. The molecule has 0 aliphatic carbocycles. The fraction of sp³-hybridized carbons (Fsp3) is 1.00. The third-order valence-electron chi connectivity index (χ3n) is 3.44. The summed E-state index contributed by atoms with van der Waals surface area (Å²) in [5.41, 5.74) is 0. The summed E-state index contributed by atoms with van der Waals surface area (Å²) in [5, 5.41) is -0.979. The standard InChI is InChI=1S/C7H15NO5S2.C6H14.H2O4S/c1-2-7(15(11,12)13)8-3-5-14(9,10)6-4-8;1-3-5-6-4-2;1-5(2,3)4/h7H,2-6H2,1H3,(H,11,12,13);3-6H2,1-2H3;(H2,1,2,3,4). The predicted octanol–water partition coefficient (Wildman–Crippen LogP) is 1.27. The quantitative estimate of drug-likeness (QED) is 0.403. The van der Waals surface area contributed by atoms with Gasteiger partial charge in [0, 0.05) is 13.1 Å². The normalized spacial score (nSPS) is 18.7. The molecular weight excluding hydrogens is 410 g/mol. The van der Waals surface area contributed by atoms with E-state index in [2.05, 4.69) is 13.8 Å². The van der Waals surface area contributed by atoms with Gasteiger partial charge in [0.1, 0.15) is 5.37 Å². The summed E-state index contributed by atoms with van der Waals surface area (Å²) in [7, 11) is -11.8. The largest absolute Gasteiger partial charge is 0.394 e. The van der Waals surface area contributed by atoms with Crippen molar-refractivity contribution < 1.29 is 38.9 Å². The molecule has 1 heterocycles. The summed E-state index contributed by atoms with van der Waals surface area (Å²) in [4.78, 5) is 1.50. The van der Waals surface area contributed by atoms with Gasteiger partial charge in [-0.05, 0) is 6.42 Å². The molecule has 0 radical (unpaired) electrons. The monoisotopic (exact) mass is 441 g/mol. The Morgan fingerprint density at radius 2 is 1.23 bits per heavy atom. The lowest BCUT2D eigenvalue weighted by molar-refractivity contribution is 0.249. The van der Waals surface area contributed by atoms with Gasteiger partial charge in [-0.2, -0.15) is 16.8 Å². The Bertz CT molecular complexity index is 646. The predicted molar refractivity (Wildman–Crippen MR) is 99.8 cm³/mol. The van der Waals surface area contributed by atoms with Crippen molar-refractivity contribution in [2.24, 2.45) is 0 Å². The van der Waals surface area contributed by atoms with Crippen molar-refractivity contribution >= 4 is 30.4 Å². The van der Waals surface area contributed by atoms with Crippen LogP contribution in [0.3, 0.4) is 0 Å². The molecule has 10 nitrogen and oxygen atoms in total. The zero-order valence-corrected chi connectivity index (χ0v) is 17.9. The van der Waals surface area contributed by atoms with Crippen LogP contribution in [0.25, 0.3) is 0 Å². The third-order valence-corrected chi connectivity index (χ3v) is 6.36. The first-order chi connectivity index (χ1) is 11.7. The minimum atomic E-state index is -4.67. The highest BCUT2D eigenvalue weighted by atomic mass is 32.3. The second-order valence-electron chi connectivity index (χ2n) is 5.72. The van der Waals surface area contributed by atoms with Gasteiger partial charge >= 0.3 is 10.4 Å². The van der Waals surface area contributed by atoms with Crippen molar-refractivity contribution in [3.63, 3.8) is 0 Å². The molecule has 0 spiro atoms. The highest BCUT2D eigenvalue weighted by Crippen LogP contribution is 2.14. The van der Waals surface area contributed by atoms with Crippen molar-refractivity contribution in [2.75, 3.05) is 24.6 Å². The molecule has 1 rings (SSSR count). The zero-order valence-electron chi connectivity index (χ0n) is 15.4. The molecule has 1 saturated heterocycles. The van der Waals surface area contributed by atoms with Gasteiger partial charge in [-0.3, -0.25) is 18.6 Å². The van der Waals surface area contributed by atoms with Crippen LogP contribution in [0.1, 0.15) is 52.9 Å². The van der Waals surface area contributed by atoms with E-state index in [1.807, 2.05) is 0 Å². The molecule has 13 heteroatoms. The van der Waals surface area contributed by atoms with Crippen molar-refractivity contribution in [2.45, 2.75) is 58.2 Å². The van der Waals surface area contributed by atoms with Crippen LogP contribution in [0, 0.1) is 0 Å². The van der Waals surface area contributed by atoms with Gasteiger partial charge in [0.05, 0.1) is 11.5 Å². The second-order valence-corrected chi connectivity index (χ2v) is 10.5. The molecule has 0 aromatic heterocycles. The van der Waals surface area contributed by atoms with Crippen molar-refractivity contribution in [1.29, 1.82) is 0 Å². The number of hydrogen-bond donors (Lipinski definition) is 3. The number of rotatable bonds is 6. The van der Waals surface area contributed by atoms with Crippen LogP contribution in [0.4, 0.5) is 0 Å². The van der Waals surface area contributed by atoms with Gasteiger partial charge in [0.25, 0.3) is 10.1 Å². The Hall–Kier alpha value is -0.310.